The molecule has 0 saturated heterocycles. The van der Waals surface area contributed by atoms with Gasteiger partial charge in [0, 0.05) is 19.2 Å². The van der Waals surface area contributed by atoms with E-state index in [9.17, 15) is 15.0 Å². The van der Waals surface area contributed by atoms with Crippen LogP contribution in [-0.2, 0) is 17.8 Å². The van der Waals surface area contributed by atoms with Gasteiger partial charge in [0.15, 0.2) is 0 Å². The number of aromatic hydroxyl groups is 1. The van der Waals surface area contributed by atoms with Crippen LogP contribution in [0, 0.1) is 0 Å². The normalized spacial score (nSPS) is 17.7. The van der Waals surface area contributed by atoms with Gasteiger partial charge in [-0.1, -0.05) is 12.1 Å². The van der Waals surface area contributed by atoms with E-state index in [4.69, 9.17) is 0 Å². The largest absolute Gasteiger partial charge is 0.508 e. The number of carboxylic acids is 1. The van der Waals surface area contributed by atoms with Crippen LogP contribution in [0.1, 0.15) is 35.8 Å². The third-order valence-corrected chi connectivity index (χ3v) is 3.65. The molecule has 20 heavy (non-hydrogen) atoms. The molecule has 5 nitrogen and oxygen atoms in total. The van der Waals surface area contributed by atoms with Crippen molar-refractivity contribution in [1.29, 1.82) is 0 Å². The van der Waals surface area contributed by atoms with Crippen LogP contribution in [0.15, 0.2) is 30.5 Å². The lowest BCUT2D eigenvalue weighted by atomic mass is 9.99. The van der Waals surface area contributed by atoms with Crippen LogP contribution in [-0.4, -0.2) is 25.7 Å². The van der Waals surface area contributed by atoms with Crippen molar-refractivity contribution in [3.63, 3.8) is 0 Å². The molecule has 0 amide bonds. The summed E-state index contributed by atoms with van der Waals surface area (Å²) in [5.74, 6) is -0.420. The summed E-state index contributed by atoms with van der Waals surface area (Å²) in [6, 6.07) is 7.04. The monoisotopic (exact) mass is 272 g/mol. The van der Waals surface area contributed by atoms with Gasteiger partial charge in [-0.25, -0.2) is 4.98 Å². The van der Waals surface area contributed by atoms with Gasteiger partial charge in [-0.15, -0.1) is 0 Å². The van der Waals surface area contributed by atoms with Gasteiger partial charge < -0.3 is 14.8 Å². The molecular weight excluding hydrogens is 256 g/mol. The first-order chi connectivity index (χ1) is 9.63. The summed E-state index contributed by atoms with van der Waals surface area (Å²) in [4.78, 5) is 15.7. The number of carboxylic acid groups (broad SMARTS) is 1. The number of aryl methyl sites for hydroxylation is 1. The SMILES string of the molecule is O=C(O)C1CCCn2cc(Cc3cccc(O)c3)nc21. The molecule has 0 saturated carbocycles. The number of phenols is 1. The molecule has 104 valence electrons. The molecule has 0 bridgehead atoms. The van der Waals surface area contributed by atoms with Crippen molar-refractivity contribution < 1.29 is 15.0 Å². The molecule has 1 unspecified atom stereocenters. The second-order valence-electron chi connectivity index (χ2n) is 5.16. The second kappa shape index (κ2) is 5.00. The predicted molar refractivity (Wildman–Crippen MR) is 72.8 cm³/mol. The summed E-state index contributed by atoms with van der Waals surface area (Å²) in [7, 11) is 0. The Balaban J connectivity index is 1.87. The summed E-state index contributed by atoms with van der Waals surface area (Å²) in [6.45, 7) is 0.826. The number of aromatic nitrogens is 2. The van der Waals surface area contributed by atoms with Crippen LogP contribution < -0.4 is 0 Å². The molecule has 1 aliphatic rings. The van der Waals surface area contributed by atoms with Crippen molar-refractivity contribution in [3.05, 3.63) is 47.5 Å². The number of fused-ring (bicyclic) bond motifs is 1. The van der Waals surface area contributed by atoms with Crippen LogP contribution in [0.2, 0.25) is 0 Å². The van der Waals surface area contributed by atoms with E-state index in [0.717, 1.165) is 24.2 Å². The van der Waals surface area contributed by atoms with E-state index in [-0.39, 0.29) is 5.75 Å². The van der Waals surface area contributed by atoms with Crippen molar-refractivity contribution in [3.8, 4) is 5.75 Å². The first kappa shape index (κ1) is 12.7. The highest BCUT2D eigenvalue weighted by Crippen LogP contribution is 2.27. The van der Waals surface area contributed by atoms with Gasteiger partial charge in [-0.2, -0.15) is 0 Å². The number of rotatable bonds is 3. The van der Waals surface area contributed by atoms with E-state index in [0.29, 0.717) is 18.7 Å². The van der Waals surface area contributed by atoms with Crippen LogP contribution in [0.5, 0.6) is 5.75 Å². The Morgan fingerprint density at radius 3 is 3.05 bits per heavy atom. The topological polar surface area (TPSA) is 75.3 Å². The van der Waals surface area contributed by atoms with Crippen molar-refractivity contribution in [2.45, 2.75) is 31.7 Å². The summed E-state index contributed by atoms with van der Waals surface area (Å²) >= 11 is 0. The molecule has 0 fully saturated rings. The van der Waals surface area contributed by atoms with Gasteiger partial charge in [-0.05, 0) is 30.5 Å². The van der Waals surface area contributed by atoms with E-state index in [1.807, 2.05) is 16.8 Å². The molecule has 0 radical (unpaired) electrons. The van der Waals surface area contributed by atoms with Crippen LogP contribution >= 0.6 is 0 Å². The number of hydrogen-bond acceptors (Lipinski definition) is 3. The summed E-state index contributed by atoms with van der Waals surface area (Å²) in [6.07, 6.45) is 4.04. The molecule has 1 aromatic heterocycles. The molecule has 2 aromatic rings. The highest BCUT2D eigenvalue weighted by atomic mass is 16.4. The average molecular weight is 272 g/mol. The Labute approximate surface area is 116 Å². The molecule has 3 rings (SSSR count). The standard InChI is InChI=1S/C15H16N2O3/c18-12-4-1-3-10(8-12)7-11-9-17-6-2-5-13(15(19)20)14(17)16-11/h1,3-4,8-9,13,18H,2,5-7H2,(H,19,20). The zero-order valence-corrected chi connectivity index (χ0v) is 11.0. The number of nitrogens with zero attached hydrogens (tertiary/aromatic N) is 2. The van der Waals surface area contributed by atoms with Crippen molar-refractivity contribution in [1.82, 2.24) is 9.55 Å². The van der Waals surface area contributed by atoms with E-state index in [1.165, 1.54) is 0 Å². The van der Waals surface area contributed by atoms with Crippen LogP contribution in [0.3, 0.4) is 0 Å². The predicted octanol–water partition coefficient (Wildman–Crippen LogP) is 2.14. The number of aliphatic carboxylic acids is 1. The Morgan fingerprint density at radius 1 is 1.45 bits per heavy atom. The minimum atomic E-state index is -0.805. The fraction of sp³-hybridized carbons (Fsp3) is 0.333. The third kappa shape index (κ3) is 2.39. The number of phenolic OH excluding ortho intramolecular Hbond substituents is 1. The summed E-state index contributed by atoms with van der Waals surface area (Å²) in [5.41, 5.74) is 1.81. The van der Waals surface area contributed by atoms with Gasteiger partial charge in [0.1, 0.15) is 17.5 Å². The maximum absolute atomic E-state index is 11.2. The maximum Gasteiger partial charge on any atom is 0.314 e. The summed E-state index contributed by atoms with van der Waals surface area (Å²) < 4.78 is 1.94. The Kier molecular flexibility index (Phi) is 3.18. The second-order valence-corrected chi connectivity index (χ2v) is 5.16. The quantitative estimate of drug-likeness (QED) is 0.897. The average Bonchev–Trinajstić information content (AvgIpc) is 2.80. The van der Waals surface area contributed by atoms with Crippen LogP contribution in [0.25, 0.3) is 0 Å². The lowest BCUT2D eigenvalue weighted by Gasteiger charge is -2.19. The van der Waals surface area contributed by atoms with Crippen molar-refractivity contribution in [2.75, 3.05) is 0 Å². The van der Waals surface area contributed by atoms with Gasteiger partial charge in [-0.3, -0.25) is 4.79 Å². The molecule has 5 heteroatoms. The minimum Gasteiger partial charge on any atom is -0.508 e. The number of imidazole rings is 1. The number of hydrogen-bond donors (Lipinski definition) is 2. The Morgan fingerprint density at radius 2 is 2.30 bits per heavy atom. The fourth-order valence-corrected chi connectivity index (χ4v) is 2.73. The summed E-state index contributed by atoms with van der Waals surface area (Å²) in [5, 5.41) is 18.7. The zero-order chi connectivity index (χ0) is 14.1. The van der Waals surface area contributed by atoms with E-state index in [2.05, 4.69) is 4.98 Å². The smallest absolute Gasteiger partial charge is 0.314 e. The molecule has 1 aliphatic heterocycles. The molecule has 0 spiro atoms. The lowest BCUT2D eigenvalue weighted by molar-refractivity contribution is -0.139. The fourth-order valence-electron chi connectivity index (χ4n) is 2.73. The number of benzene rings is 1. The Bertz CT molecular complexity index is 648. The maximum atomic E-state index is 11.2. The molecular formula is C15H16N2O3. The zero-order valence-electron chi connectivity index (χ0n) is 11.0. The third-order valence-electron chi connectivity index (χ3n) is 3.65. The van der Waals surface area contributed by atoms with Crippen molar-refractivity contribution >= 4 is 5.97 Å². The highest BCUT2D eigenvalue weighted by Gasteiger charge is 2.28. The van der Waals surface area contributed by atoms with E-state index < -0.39 is 11.9 Å². The van der Waals surface area contributed by atoms with Crippen molar-refractivity contribution in [2.24, 2.45) is 0 Å². The first-order valence-electron chi connectivity index (χ1n) is 6.70. The minimum absolute atomic E-state index is 0.231. The number of carbonyl (C=O) groups is 1. The van der Waals surface area contributed by atoms with Gasteiger partial charge in [0.25, 0.3) is 0 Å². The molecule has 2 N–H and O–H groups in total. The molecule has 2 heterocycles. The van der Waals surface area contributed by atoms with E-state index in [1.54, 1.807) is 18.2 Å². The highest BCUT2D eigenvalue weighted by molar-refractivity contribution is 5.75. The molecule has 1 aromatic carbocycles. The lowest BCUT2D eigenvalue weighted by Crippen LogP contribution is -2.21. The molecule has 0 aliphatic carbocycles. The van der Waals surface area contributed by atoms with Gasteiger partial charge in [0.05, 0.1) is 5.69 Å². The van der Waals surface area contributed by atoms with Crippen LogP contribution in [0.4, 0.5) is 0 Å². The Hall–Kier alpha value is -2.30. The van der Waals surface area contributed by atoms with Gasteiger partial charge in [0.2, 0.25) is 0 Å². The first-order valence-corrected chi connectivity index (χ1v) is 6.70. The van der Waals surface area contributed by atoms with E-state index >= 15 is 0 Å². The molecule has 1 atom stereocenters. The van der Waals surface area contributed by atoms with Gasteiger partial charge >= 0.3 is 5.97 Å².